The number of nitrogens with zero attached hydrogens (tertiary/aromatic N) is 5. The van der Waals surface area contributed by atoms with Gasteiger partial charge in [-0.1, -0.05) is 54.6 Å². The third-order valence-electron chi connectivity index (χ3n) is 5.73. The highest BCUT2D eigenvalue weighted by molar-refractivity contribution is 5.96. The third kappa shape index (κ3) is 3.34. The first-order valence-electron chi connectivity index (χ1n) is 10.7. The Morgan fingerprint density at radius 2 is 1.65 bits per heavy atom. The van der Waals surface area contributed by atoms with E-state index in [-0.39, 0.29) is 18.1 Å². The quantitative estimate of drug-likeness (QED) is 0.362. The van der Waals surface area contributed by atoms with Crippen LogP contribution in [0.4, 0.5) is 0 Å². The minimum atomic E-state index is -0.186. The number of fused-ring (bicyclic) bond motifs is 4. The van der Waals surface area contributed by atoms with Crippen LogP contribution in [0.1, 0.15) is 11.1 Å². The number of hydrogen-bond donors (Lipinski definition) is 0. The van der Waals surface area contributed by atoms with Gasteiger partial charge >= 0.3 is 6.01 Å². The highest BCUT2D eigenvalue weighted by Gasteiger charge is 2.17. The molecule has 0 spiro atoms. The molecule has 2 aromatic heterocycles. The Bertz CT molecular complexity index is 1800. The van der Waals surface area contributed by atoms with Crippen molar-refractivity contribution in [2.45, 2.75) is 6.54 Å². The normalized spacial score (nSPS) is 11.1. The molecule has 7 nitrogen and oxygen atoms in total. The van der Waals surface area contributed by atoms with Gasteiger partial charge in [0, 0.05) is 0 Å². The van der Waals surface area contributed by atoms with Crippen LogP contribution in [-0.4, -0.2) is 19.2 Å². The van der Waals surface area contributed by atoms with Gasteiger partial charge in [0.05, 0.1) is 29.1 Å². The lowest BCUT2D eigenvalue weighted by Gasteiger charge is -2.11. The lowest BCUT2D eigenvalue weighted by Crippen LogP contribution is -2.24. The average Bonchev–Trinajstić information content (AvgIpc) is 3.30. The predicted octanol–water partition coefficient (Wildman–Crippen LogP) is 4.91. The van der Waals surface area contributed by atoms with E-state index in [4.69, 9.17) is 4.74 Å². The maximum Gasteiger partial charge on any atom is 0.343 e. The summed E-state index contributed by atoms with van der Waals surface area (Å²) in [5, 5.41) is 16.4. The molecule has 7 heteroatoms. The number of nitriles is 1. The smallest absolute Gasteiger partial charge is 0.343 e. The lowest BCUT2D eigenvalue weighted by molar-refractivity contribution is 0.443. The number of rotatable bonds is 4. The van der Waals surface area contributed by atoms with Gasteiger partial charge in [-0.05, 0) is 52.7 Å². The van der Waals surface area contributed by atoms with E-state index in [1.165, 1.54) is 0 Å². The van der Waals surface area contributed by atoms with E-state index in [2.05, 4.69) is 16.2 Å². The average molecular weight is 443 g/mol. The molecule has 0 saturated heterocycles. The fourth-order valence-corrected chi connectivity index (χ4v) is 4.13. The standard InChI is InChI=1S/C27H17N5O2/c28-16-18-7-6-8-19(13-18)17-31-25(33)23-14-20-9-4-5-10-21(20)15-24(23)32-27(31)29-26(30-32)34-22-11-2-1-3-12-22/h1-15H,17H2. The molecular weight excluding hydrogens is 426 g/mol. The van der Waals surface area contributed by atoms with E-state index in [0.29, 0.717) is 28.0 Å². The molecule has 0 unspecified atom stereocenters. The summed E-state index contributed by atoms with van der Waals surface area (Å²) in [5.41, 5.74) is 1.81. The summed E-state index contributed by atoms with van der Waals surface area (Å²) in [6, 6.07) is 30.4. The van der Waals surface area contributed by atoms with Crippen LogP contribution < -0.4 is 10.3 Å². The molecule has 2 heterocycles. The zero-order valence-electron chi connectivity index (χ0n) is 17.9. The Balaban J connectivity index is 1.61. The van der Waals surface area contributed by atoms with Crippen molar-refractivity contribution in [3.8, 4) is 17.8 Å². The van der Waals surface area contributed by atoms with E-state index in [9.17, 15) is 10.1 Å². The Labute approximate surface area is 193 Å². The van der Waals surface area contributed by atoms with Crippen molar-refractivity contribution in [2.24, 2.45) is 0 Å². The summed E-state index contributed by atoms with van der Waals surface area (Å²) < 4.78 is 9.10. The van der Waals surface area contributed by atoms with Gasteiger partial charge in [0.2, 0.25) is 5.78 Å². The maximum absolute atomic E-state index is 13.7. The molecule has 6 aromatic rings. The van der Waals surface area contributed by atoms with Crippen LogP contribution in [-0.2, 0) is 6.54 Å². The largest absolute Gasteiger partial charge is 0.423 e. The minimum Gasteiger partial charge on any atom is -0.423 e. The number of hydrogen-bond acceptors (Lipinski definition) is 5. The minimum absolute atomic E-state index is 0.144. The number of para-hydroxylation sites is 1. The number of aromatic nitrogens is 4. The molecule has 6 rings (SSSR count). The molecule has 0 amide bonds. The molecule has 0 N–H and O–H groups in total. The van der Waals surface area contributed by atoms with Gasteiger partial charge in [0.1, 0.15) is 5.75 Å². The van der Waals surface area contributed by atoms with Gasteiger partial charge in [-0.25, -0.2) is 0 Å². The van der Waals surface area contributed by atoms with Crippen LogP contribution in [0, 0.1) is 11.3 Å². The van der Waals surface area contributed by atoms with Crippen LogP contribution in [0.5, 0.6) is 11.8 Å². The fraction of sp³-hybridized carbons (Fsp3) is 0.0370. The van der Waals surface area contributed by atoms with Crippen molar-refractivity contribution in [1.82, 2.24) is 19.2 Å². The SMILES string of the molecule is N#Cc1cccc(Cn2c(=O)c3cc4ccccc4cc3n3nc(Oc4ccccc4)nc23)c1. The zero-order chi connectivity index (χ0) is 23.1. The first-order valence-corrected chi connectivity index (χ1v) is 10.7. The van der Waals surface area contributed by atoms with Crippen LogP contribution in [0.15, 0.2) is 95.8 Å². The molecule has 0 aliphatic rings. The summed E-state index contributed by atoms with van der Waals surface area (Å²) >= 11 is 0. The molecular formula is C27H17N5O2. The monoisotopic (exact) mass is 443 g/mol. The second-order valence-corrected chi connectivity index (χ2v) is 7.94. The highest BCUT2D eigenvalue weighted by atomic mass is 16.5. The van der Waals surface area contributed by atoms with Gasteiger partial charge in [0.15, 0.2) is 0 Å². The molecule has 0 fully saturated rings. The first-order chi connectivity index (χ1) is 16.7. The predicted molar refractivity (Wildman–Crippen MR) is 129 cm³/mol. The summed E-state index contributed by atoms with van der Waals surface area (Å²) in [4.78, 5) is 18.3. The molecule has 0 aliphatic carbocycles. The number of benzene rings is 4. The van der Waals surface area contributed by atoms with Gasteiger partial charge in [-0.2, -0.15) is 14.8 Å². The maximum atomic E-state index is 13.7. The molecule has 0 bridgehead atoms. The van der Waals surface area contributed by atoms with E-state index in [0.717, 1.165) is 16.3 Å². The van der Waals surface area contributed by atoms with E-state index < -0.39 is 0 Å². The zero-order valence-corrected chi connectivity index (χ0v) is 17.9. The van der Waals surface area contributed by atoms with E-state index in [1.54, 1.807) is 27.3 Å². The van der Waals surface area contributed by atoms with Crippen molar-refractivity contribution in [1.29, 1.82) is 5.26 Å². The van der Waals surface area contributed by atoms with Crippen molar-refractivity contribution in [2.75, 3.05) is 0 Å². The highest BCUT2D eigenvalue weighted by Crippen LogP contribution is 2.24. The Hall–Kier alpha value is -4.96. The molecule has 0 saturated carbocycles. The topological polar surface area (TPSA) is 85.2 Å². The molecule has 0 radical (unpaired) electrons. The first kappa shape index (κ1) is 19.7. The lowest BCUT2D eigenvalue weighted by atomic mass is 10.1. The van der Waals surface area contributed by atoms with Crippen LogP contribution in [0.2, 0.25) is 0 Å². The molecule has 4 aromatic carbocycles. The number of ether oxygens (including phenoxy) is 1. The second kappa shape index (κ2) is 7.87. The second-order valence-electron chi connectivity index (χ2n) is 7.94. The van der Waals surface area contributed by atoms with Crippen molar-refractivity contribution >= 4 is 27.5 Å². The Morgan fingerprint density at radius 1 is 0.882 bits per heavy atom. The molecule has 162 valence electrons. The van der Waals surface area contributed by atoms with Crippen LogP contribution in [0.3, 0.4) is 0 Å². The molecule has 34 heavy (non-hydrogen) atoms. The summed E-state index contributed by atoms with van der Waals surface area (Å²) in [6.07, 6.45) is 0. The third-order valence-corrected chi connectivity index (χ3v) is 5.73. The van der Waals surface area contributed by atoms with Gasteiger partial charge in [0.25, 0.3) is 5.56 Å². The van der Waals surface area contributed by atoms with Gasteiger partial charge < -0.3 is 4.74 Å². The molecule has 0 atom stereocenters. The summed E-state index contributed by atoms with van der Waals surface area (Å²) in [7, 11) is 0. The molecule has 0 aliphatic heterocycles. The van der Waals surface area contributed by atoms with E-state index >= 15 is 0 Å². The van der Waals surface area contributed by atoms with Crippen molar-refractivity contribution in [3.63, 3.8) is 0 Å². The van der Waals surface area contributed by atoms with Gasteiger partial charge in [-0.15, -0.1) is 5.10 Å². The summed E-state index contributed by atoms with van der Waals surface area (Å²) in [6.45, 7) is 0.240. The fourth-order valence-electron chi connectivity index (χ4n) is 4.13. The van der Waals surface area contributed by atoms with Gasteiger partial charge in [-0.3, -0.25) is 9.36 Å². The Morgan fingerprint density at radius 3 is 2.44 bits per heavy atom. The Kier molecular flexibility index (Phi) is 4.56. The van der Waals surface area contributed by atoms with Crippen LogP contribution >= 0.6 is 0 Å². The van der Waals surface area contributed by atoms with Crippen LogP contribution in [0.25, 0.3) is 27.5 Å². The van der Waals surface area contributed by atoms with Crippen molar-refractivity contribution in [3.05, 3.63) is 112 Å². The van der Waals surface area contributed by atoms with Crippen molar-refractivity contribution < 1.29 is 4.74 Å². The summed E-state index contributed by atoms with van der Waals surface area (Å²) in [5.74, 6) is 0.963. The van der Waals surface area contributed by atoms with E-state index in [1.807, 2.05) is 72.8 Å².